The summed E-state index contributed by atoms with van der Waals surface area (Å²) in [6, 6.07) is 2.34. The first-order valence-electron chi connectivity index (χ1n) is 5.54. The van der Waals surface area contributed by atoms with Gasteiger partial charge in [-0.3, -0.25) is 0 Å². The molecule has 0 heterocycles. The van der Waals surface area contributed by atoms with Crippen LogP contribution in [0.15, 0.2) is 12.1 Å². The number of halogens is 3. The van der Waals surface area contributed by atoms with Crippen LogP contribution in [-0.2, 0) is 0 Å². The van der Waals surface area contributed by atoms with Crippen molar-refractivity contribution in [2.75, 3.05) is 7.11 Å². The van der Waals surface area contributed by atoms with Crippen molar-refractivity contribution < 1.29 is 13.5 Å². The molecule has 0 aliphatic heterocycles. The van der Waals surface area contributed by atoms with Crippen LogP contribution in [0, 0.1) is 23.0 Å². The van der Waals surface area contributed by atoms with Crippen molar-refractivity contribution in [2.45, 2.75) is 25.6 Å². The summed E-state index contributed by atoms with van der Waals surface area (Å²) in [6.07, 6.45) is 0.895. The molecule has 0 radical (unpaired) electrons. The van der Waals surface area contributed by atoms with Crippen molar-refractivity contribution >= 4 is 11.6 Å². The van der Waals surface area contributed by atoms with Gasteiger partial charge in [0.05, 0.1) is 12.5 Å². The molecule has 17 heavy (non-hydrogen) atoms. The summed E-state index contributed by atoms with van der Waals surface area (Å²) in [5, 5.41) is -0.615. The van der Waals surface area contributed by atoms with E-state index in [0.29, 0.717) is 0 Å². The van der Waals surface area contributed by atoms with Gasteiger partial charge in [-0.05, 0) is 17.8 Å². The normalized spacial score (nSPS) is 23.3. The lowest BCUT2D eigenvalue weighted by Crippen LogP contribution is -2.05. The van der Waals surface area contributed by atoms with Gasteiger partial charge >= 0.3 is 0 Å². The van der Waals surface area contributed by atoms with Gasteiger partial charge in [-0.2, -0.15) is 0 Å². The molecule has 1 aromatic carbocycles. The molecule has 1 aromatic rings. The van der Waals surface area contributed by atoms with Crippen LogP contribution in [-0.4, -0.2) is 7.11 Å². The molecule has 4 heteroatoms. The number of methoxy groups -OCH3 is 1. The molecular formula is C13H15ClF2O. The Kier molecular flexibility index (Phi) is 3.06. The average Bonchev–Trinajstić information content (AvgIpc) is 2.86. The number of benzene rings is 1. The van der Waals surface area contributed by atoms with Gasteiger partial charge < -0.3 is 4.74 Å². The van der Waals surface area contributed by atoms with Gasteiger partial charge in [-0.1, -0.05) is 13.8 Å². The predicted molar refractivity (Wildman–Crippen MR) is 63.4 cm³/mol. The zero-order chi connectivity index (χ0) is 12.8. The van der Waals surface area contributed by atoms with Crippen LogP contribution >= 0.6 is 11.6 Å². The summed E-state index contributed by atoms with van der Waals surface area (Å²) in [6.45, 7) is 4.10. The van der Waals surface area contributed by atoms with Crippen molar-refractivity contribution in [3.63, 3.8) is 0 Å². The smallest absolute Gasteiger partial charge is 0.134 e. The number of hydrogen-bond donors (Lipinski definition) is 0. The maximum Gasteiger partial charge on any atom is 0.134 e. The third kappa shape index (κ3) is 2.25. The van der Waals surface area contributed by atoms with Crippen LogP contribution in [0.3, 0.4) is 0 Å². The fourth-order valence-corrected chi connectivity index (χ4v) is 2.79. The first-order chi connectivity index (χ1) is 7.86. The van der Waals surface area contributed by atoms with Gasteiger partial charge in [-0.25, -0.2) is 8.78 Å². The molecule has 2 unspecified atom stereocenters. The second kappa shape index (κ2) is 4.13. The Morgan fingerprint density at radius 1 is 1.35 bits per heavy atom. The monoisotopic (exact) mass is 260 g/mol. The SMILES string of the molecule is COc1cc(F)c(C(Cl)C2CC2(C)C)c(F)c1. The van der Waals surface area contributed by atoms with E-state index in [9.17, 15) is 8.78 Å². The van der Waals surface area contributed by atoms with Crippen LogP contribution in [0.1, 0.15) is 31.2 Å². The molecule has 2 rings (SSSR count). The van der Waals surface area contributed by atoms with Gasteiger partial charge in [0, 0.05) is 17.7 Å². The number of rotatable bonds is 3. The second-order valence-electron chi connectivity index (χ2n) is 5.21. The van der Waals surface area contributed by atoms with E-state index in [2.05, 4.69) is 0 Å². The zero-order valence-electron chi connectivity index (χ0n) is 10.1. The summed E-state index contributed by atoms with van der Waals surface area (Å²) in [5.74, 6) is -0.974. The largest absolute Gasteiger partial charge is 0.497 e. The minimum atomic E-state index is -0.635. The third-order valence-electron chi connectivity index (χ3n) is 3.51. The lowest BCUT2D eigenvalue weighted by molar-refractivity contribution is 0.403. The van der Waals surface area contributed by atoms with E-state index in [1.165, 1.54) is 19.2 Å². The summed E-state index contributed by atoms with van der Waals surface area (Å²) in [5.41, 5.74) is 0.0358. The molecule has 1 fully saturated rings. The summed E-state index contributed by atoms with van der Waals surface area (Å²) < 4.78 is 32.4. The minimum Gasteiger partial charge on any atom is -0.497 e. The van der Waals surface area contributed by atoms with Gasteiger partial charge in [0.25, 0.3) is 0 Å². The number of hydrogen-bond acceptors (Lipinski definition) is 1. The molecular weight excluding hydrogens is 246 g/mol. The van der Waals surface area contributed by atoms with Gasteiger partial charge in [0.1, 0.15) is 17.4 Å². The Morgan fingerprint density at radius 3 is 2.18 bits per heavy atom. The maximum absolute atomic E-state index is 13.8. The lowest BCUT2D eigenvalue weighted by Gasteiger charge is -2.14. The molecule has 1 nitrogen and oxygen atoms in total. The highest BCUT2D eigenvalue weighted by molar-refractivity contribution is 6.21. The van der Waals surface area contributed by atoms with Crippen LogP contribution in [0.5, 0.6) is 5.75 Å². The topological polar surface area (TPSA) is 9.23 Å². The van der Waals surface area contributed by atoms with Crippen molar-refractivity contribution in [1.82, 2.24) is 0 Å². The highest BCUT2D eigenvalue weighted by atomic mass is 35.5. The highest BCUT2D eigenvalue weighted by Crippen LogP contribution is 2.60. The molecule has 0 N–H and O–H groups in total. The van der Waals surface area contributed by atoms with Gasteiger partial charge in [0.2, 0.25) is 0 Å². The molecule has 0 amide bonds. The fraction of sp³-hybridized carbons (Fsp3) is 0.538. The number of alkyl halides is 1. The van der Waals surface area contributed by atoms with E-state index in [4.69, 9.17) is 16.3 Å². The first kappa shape index (κ1) is 12.6. The van der Waals surface area contributed by atoms with Crippen LogP contribution in [0.25, 0.3) is 0 Å². The van der Waals surface area contributed by atoms with E-state index in [1.807, 2.05) is 13.8 Å². The third-order valence-corrected chi connectivity index (χ3v) is 4.03. The Morgan fingerprint density at radius 2 is 1.82 bits per heavy atom. The van der Waals surface area contributed by atoms with Crippen molar-refractivity contribution in [3.05, 3.63) is 29.3 Å². The van der Waals surface area contributed by atoms with Crippen LogP contribution in [0.4, 0.5) is 8.78 Å². The van der Waals surface area contributed by atoms with Crippen molar-refractivity contribution in [3.8, 4) is 5.75 Å². The predicted octanol–water partition coefficient (Wildman–Crippen LogP) is 4.30. The fourth-order valence-electron chi connectivity index (χ4n) is 2.15. The summed E-state index contributed by atoms with van der Waals surface area (Å²) in [4.78, 5) is 0. The minimum absolute atomic E-state index is 0.0389. The standard InChI is InChI=1S/C13H15ClF2O/c1-13(2)6-8(13)12(14)11-9(15)4-7(17-3)5-10(11)16/h4-5,8,12H,6H2,1-3H3. The molecule has 2 atom stereocenters. The van der Waals surface area contributed by atoms with Gasteiger partial charge in [0.15, 0.2) is 0 Å². The quantitative estimate of drug-likeness (QED) is 0.737. The lowest BCUT2D eigenvalue weighted by atomic mass is 10.0. The van der Waals surface area contributed by atoms with Gasteiger partial charge in [-0.15, -0.1) is 11.6 Å². The summed E-state index contributed by atoms with van der Waals surface area (Å²) >= 11 is 6.17. The van der Waals surface area contributed by atoms with Crippen LogP contribution < -0.4 is 4.74 Å². The molecule has 0 aromatic heterocycles. The molecule has 1 aliphatic rings. The first-order valence-corrected chi connectivity index (χ1v) is 5.97. The Hall–Kier alpha value is -0.830. The Bertz CT molecular complexity index is 422. The molecule has 1 aliphatic carbocycles. The number of ether oxygens (including phenoxy) is 1. The molecule has 0 bridgehead atoms. The van der Waals surface area contributed by atoms with E-state index in [1.54, 1.807) is 0 Å². The molecule has 0 spiro atoms. The van der Waals surface area contributed by atoms with E-state index < -0.39 is 17.0 Å². The molecule has 94 valence electrons. The Labute approximate surface area is 105 Å². The van der Waals surface area contributed by atoms with Crippen molar-refractivity contribution in [2.24, 2.45) is 11.3 Å². The maximum atomic E-state index is 13.8. The van der Waals surface area contributed by atoms with Crippen LogP contribution in [0.2, 0.25) is 0 Å². The van der Waals surface area contributed by atoms with E-state index >= 15 is 0 Å². The molecule has 1 saturated carbocycles. The zero-order valence-corrected chi connectivity index (χ0v) is 10.8. The Balaban J connectivity index is 2.33. The highest BCUT2D eigenvalue weighted by Gasteiger charge is 2.51. The van der Waals surface area contributed by atoms with E-state index in [-0.39, 0.29) is 22.6 Å². The second-order valence-corrected chi connectivity index (χ2v) is 5.68. The summed E-state index contributed by atoms with van der Waals surface area (Å²) in [7, 11) is 1.37. The van der Waals surface area contributed by atoms with Crippen molar-refractivity contribution in [1.29, 1.82) is 0 Å². The van der Waals surface area contributed by atoms with E-state index in [0.717, 1.165) is 6.42 Å². The average molecular weight is 261 g/mol. The molecule has 0 saturated heterocycles.